The van der Waals surface area contributed by atoms with E-state index in [1.165, 1.54) is 11.1 Å². The molecule has 3 N–H and O–H groups in total. The molecule has 90 valence electrons. The zero-order valence-corrected chi connectivity index (χ0v) is 10.8. The lowest BCUT2D eigenvalue weighted by atomic mass is 9.85. The molecular weight excluding hydrogens is 210 g/mol. The Labute approximate surface area is 102 Å². The first kappa shape index (κ1) is 11.7. The lowest BCUT2D eigenvalue weighted by molar-refractivity contribution is 0.590. The lowest BCUT2D eigenvalue weighted by Gasteiger charge is -2.20. The van der Waals surface area contributed by atoms with Crippen molar-refractivity contribution in [1.29, 1.82) is 0 Å². The maximum atomic E-state index is 5.85. The molecule has 0 aliphatic carbocycles. The summed E-state index contributed by atoms with van der Waals surface area (Å²) >= 11 is 0. The summed E-state index contributed by atoms with van der Waals surface area (Å²) in [4.78, 5) is 0. The predicted octanol–water partition coefficient (Wildman–Crippen LogP) is 3.26. The zero-order chi connectivity index (χ0) is 12.6. The number of nitrogens with one attached hydrogen (secondary N) is 1. The van der Waals surface area contributed by atoms with Gasteiger partial charge in [0.15, 0.2) is 0 Å². The van der Waals surface area contributed by atoms with E-state index < -0.39 is 0 Å². The standard InChI is InChI=1S/C14H19N3/c1-9-7-10(14(2,3)4)5-6-11(9)12-8-16-17-13(12)15/h5-8H,1-4H3,(H3,15,16,17). The Balaban J connectivity index is 2.50. The number of nitrogens with zero attached hydrogens (tertiary/aromatic N) is 1. The Kier molecular flexibility index (Phi) is 2.69. The van der Waals surface area contributed by atoms with Gasteiger partial charge < -0.3 is 5.73 Å². The SMILES string of the molecule is Cc1cc(C(C)(C)C)ccc1-c1cn[nH]c1N. The van der Waals surface area contributed by atoms with Gasteiger partial charge in [-0.3, -0.25) is 5.10 Å². The normalized spacial score (nSPS) is 11.8. The summed E-state index contributed by atoms with van der Waals surface area (Å²) in [7, 11) is 0. The average molecular weight is 229 g/mol. The molecule has 0 fully saturated rings. The minimum atomic E-state index is 0.172. The van der Waals surface area contributed by atoms with Crippen LogP contribution < -0.4 is 5.73 Å². The molecule has 0 atom stereocenters. The molecule has 0 amide bonds. The van der Waals surface area contributed by atoms with Gasteiger partial charge in [0.25, 0.3) is 0 Å². The van der Waals surface area contributed by atoms with Gasteiger partial charge >= 0.3 is 0 Å². The third kappa shape index (κ3) is 2.18. The van der Waals surface area contributed by atoms with Crippen LogP contribution in [0.5, 0.6) is 0 Å². The molecule has 2 aromatic rings. The fourth-order valence-corrected chi connectivity index (χ4v) is 1.94. The fourth-order valence-electron chi connectivity index (χ4n) is 1.94. The molecule has 0 aliphatic heterocycles. The van der Waals surface area contributed by atoms with Gasteiger partial charge in [-0.1, -0.05) is 39.0 Å². The Morgan fingerprint density at radius 2 is 1.88 bits per heavy atom. The van der Waals surface area contributed by atoms with Crippen LogP contribution in [0.3, 0.4) is 0 Å². The van der Waals surface area contributed by atoms with Crippen molar-refractivity contribution in [1.82, 2.24) is 10.2 Å². The third-order valence-corrected chi connectivity index (χ3v) is 3.05. The van der Waals surface area contributed by atoms with Crippen molar-refractivity contribution in [2.24, 2.45) is 0 Å². The van der Waals surface area contributed by atoms with Crippen LogP contribution in [0.25, 0.3) is 11.1 Å². The van der Waals surface area contributed by atoms with Gasteiger partial charge in [-0.05, 0) is 29.0 Å². The van der Waals surface area contributed by atoms with Crippen LogP contribution in [0, 0.1) is 6.92 Å². The highest BCUT2D eigenvalue weighted by molar-refractivity contribution is 5.75. The van der Waals surface area contributed by atoms with Crippen molar-refractivity contribution >= 4 is 5.82 Å². The monoisotopic (exact) mass is 229 g/mol. The molecule has 0 bridgehead atoms. The van der Waals surface area contributed by atoms with Crippen LogP contribution in [-0.4, -0.2) is 10.2 Å². The van der Waals surface area contributed by atoms with Crippen molar-refractivity contribution in [3.63, 3.8) is 0 Å². The number of H-pyrrole nitrogens is 1. The molecule has 0 aliphatic rings. The van der Waals surface area contributed by atoms with Crippen LogP contribution >= 0.6 is 0 Å². The molecule has 0 radical (unpaired) electrons. The van der Waals surface area contributed by atoms with Gasteiger partial charge in [0.1, 0.15) is 5.82 Å². The molecule has 3 heteroatoms. The van der Waals surface area contributed by atoms with E-state index in [0.29, 0.717) is 5.82 Å². The Hall–Kier alpha value is -1.77. The average Bonchev–Trinajstić information content (AvgIpc) is 2.63. The predicted molar refractivity (Wildman–Crippen MR) is 71.9 cm³/mol. The largest absolute Gasteiger partial charge is 0.384 e. The molecule has 0 unspecified atom stereocenters. The molecule has 0 saturated carbocycles. The number of aryl methyl sites for hydroxylation is 1. The summed E-state index contributed by atoms with van der Waals surface area (Å²) in [5.74, 6) is 0.622. The Bertz CT molecular complexity index is 533. The molecule has 1 aromatic heterocycles. The second-order valence-electron chi connectivity index (χ2n) is 5.48. The van der Waals surface area contributed by atoms with E-state index >= 15 is 0 Å². The maximum absolute atomic E-state index is 5.85. The number of aromatic nitrogens is 2. The summed E-state index contributed by atoms with van der Waals surface area (Å²) in [6, 6.07) is 6.51. The van der Waals surface area contributed by atoms with E-state index in [1.807, 2.05) is 0 Å². The summed E-state index contributed by atoms with van der Waals surface area (Å²) in [5.41, 5.74) is 10.7. The van der Waals surface area contributed by atoms with Crippen LogP contribution in [0.15, 0.2) is 24.4 Å². The van der Waals surface area contributed by atoms with Crippen molar-refractivity contribution < 1.29 is 0 Å². The minimum absolute atomic E-state index is 0.172. The van der Waals surface area contributed by atoms with Gasteiger partial charge in [-0.15, -0.1) is 0 Å². The Morgan fingerprint density at radius 3 is 2.35 bits per heavy atom. The molecule has 17 heavy (non-hydrogen) atoms. The van der Waals surface area contributed by atoms with Crippen LogP contribution in [0.2, 0.25) is 0 Å². The molecular formula is C14H19N3. The first-order valence-electron chi connectivity index (χ1n) is 5.80. The topological polar surface area (TPSA) is 54.7 Å². The quantitative estimate of drug-likeness (QED) is 0.788. The van der Waals surface area contributed by atoms with E-state index in [1.54, 1.807) is 6.20 Å². The molecule has 1 heterocycles. The maximum Gasteiger partial charge on any atom is 0.126 e. The number of benzene rings is 1. The number of nitrogens with two attached hydrogens (primary N) is 1. The van der Waals surface area contributed by atoms with Crippen molar-refractivity contribution in [2.75, 3.05) is 5.73 Å². The number of hydrogen-bond donors (Lipinski definition) is 2. The second-order valence-corrected chi connectivity index (χ2v) is 5.48. The van der Waals surface area contributed by atoms with E-state index in [4.69, 9.17) is 5.73 Å². The number of nitrogen functional groups attached to an aromatic ring is 1. The van der Waals surface area contributed by atoms with Crippen molar-refractivity contribution in [3.8, 4) is 11.1 Å². The Morgan fingerprint density at radius 1 is 1.18 bits per heavy atom. The minimum Gasteiger partial charge on any atom is -0.384 e. The van der Waals surface area contributed by atoms with Crippen LogP contribution in [0.1, 0.15) is 31.9 Å². The lowest BCUT2D eigenvalue weighted by Crippen LogP contribution is -2.11. The van der Waals surface area contributed by atoms with Crippen LogP contribution in [0.4, 0.5) is 5.82 Å². The number of hydrogen-bond acceptors (Lipinski definition) is 2. The summed E-state index contributed by atoms with van der Waals surface area (Å²) < 4.78 is 0. The van der Waals surface area contributed by atoms with Gasteiger partial charge in [-0.25, -0.2) is 0 Å². The van der Waals surface area contributed by atoms with Crippen LogP contribution in [-0.2, 0) is 5.41 Å². The molecule has 1 aromatic carbocycles. The van der Waals surface area contributed by atoms with Gasteiger partial charge in [0.05, 0.1) is 6.20 Å². The van der Waals surface area contributed by atoms with Crippen molar-refractivity contribution in [3.05, 3.63) is 35.5 Å². The van der Waals surface area contributed by atoms with E-state index in [-0.39, 0.29) is 5.41 Å². The molecule has 0 saturated heterocycles. The van der Waals surface area contributed by atoms with Gasteiger partial charge in [0.2, 0.25) is 0 Å². The highest BCUT2D eigenvalue weighted by Gasteiger charge is 2.15. The summed E-state index contributed by atoms with van der Waals surface area (Å²) in [6.45, 7) is 8.76. The van der Waals surface area contributed by atoms with Gasteiger partial charge in [0, 0.05) is 5.56 Å². The third-order valence-electron chi connectivity index (χ3n) is 3.05. The van der Waals surface area contributed by atoms with Gasteiger partial charge in [-0.2, -0.15) is 5.10 Å². The first-order valence-corrected chi connectivity index (χ1v) is 5.80. The zero-order valence-electron chi connectivity index (χ0n) is 10.8. The fraction of sp³-hybridized carbons (Fsp3) is 0.357. The number of rotatable bonds is 1. The second kappa shape index (κ2) is 3.91. The highest BCUT2D eigenvalue weighted by atomic mass is 15.1. The molecule has 2 rings (SSSR count). The molecule has 3 nitrogen and oxygen atoms in total. The number of anilines is 1. The van der Waals surface area contributed by atoms with Crippen molar-refractivity contribution in [2.45, 2.75) is 33.1 Å². The molecule has 0 spiro atoms. The van der Waals surface area contributed by atoms with E-state index in [0.717, 1.165) is 11.1 Å². The number of aromatic amines is 1. The van der Waals surface area contributed by atoms with E-state index in [2.05, 4.69) is 56.1 Å². The highest BCUT2D eigenvalue weighted by Crippen LogP contribution is 2.31. The van der Waals surface area contributed by atoms with E-state index in [9.17, 15) is 0 Å². The smallest absolute Gasteiger partial charge is 0.126 e. The summed E-state index contributed by atoms with van der Waals surface area (Å²) in [5, 5.41) is 6.73. The summed E-state index contributed by atoms with van der Waals surface area (Å²) in [6.07, 6.45) is 1.77. The first-order chi connectivity index (χ1) is 7.89.